The second kappa shape index (κ2) is 7.03. The summed E-state index contributed by atoms with van der Waals surface area (Å²) in [6.07, 6.45) is 1.36. The molecular formula is C20H23F3N6. The van der Waals surface area contributed by atoms with Gasteiger partial charge in [0.1, 0.15) is 6.54 Å². The second-order valence-corrected chi connectivity index (χ2v) is 8.53. The summed E-state index contributed by atoms with van der Waals surface area (Å²) in [4.78, 5) is 11.1. The lowest BCUT2D eigenvalue weighted by molar-refractivity contribution is -0.144. The third-order valence-corrected chi connectivity index (χ3v) is 5.29. The lowest BCUT2D eigenvalue weighted by Crippen LogP contribution is -2.23. The SMILES string of the molecule is CC(C)(C)c1nc2c(c(-c3cnc(C(F)(F)F)[nH]3)c1C1=NN=NC1)CCCCC2. The zero-order valence-electron chi connectivity index (χ0n) is 16.7. The van der Waals surface area contributed by atoms with Gasteiger partial charge in [0, 0.05) is 22.2 Å². The highest BCUT2D eigenvalue weighted by Crippen LogP contribution is 2.39. The molecule has 0 saturated carbocycles. The largest absolute Gasteiger partial charge is 0.449 e. The minimum absolute atomic E-state index is 0.289. The number of rotatable bonds is 2. The molecule has 6 nitrogen and oxygen atoms in total. The van der Waals surface area contributed by atoms with Crippen molar-refractivity contribution in [3.05, 3.63) is 34.5 Å². The van der Waals surface area contributed by atoms with Gasteiger partial charge in [0.15, 0.2) is 0 Å². The number of hydrogen-bond donors (Lipinski definition) is 1. The van der Waals surface area contributed by atoms with Gasteiger partial charge in [-0.2, -0.15) is 18.3 Å². The van der Waals surface area contributed by atoms with E-state index in [1.807, 2.05) is 20.8 Å². The Balaban J connectivity index is 2.04. The number of imidazole rings is 1. The second-order valence-electron chi connectivity index (χ2n) is 8.53. The Morgan fingerprint density at radius 3 is 2.38 bits per heavy atom. The van der Waals surface area contributed by atoms with Crippen molar-refractivity contribution in [3.63, 3.8) is 0 Å². The maximum atomic E-state index is 13.2. The third-order valence-electron chi connectivity index (χ3n) is 5.29. The number of aromatic nitrogens is 3. The molecule has 2 aromatic rings. The lowest BCUT2D eigenvalue weighted by atomic mass is 9.81. The number of alkyl halides is 3. The molecule has 0 radical (unpaired) electrons. The van der Waals surface area contributed by atoms with Crippen molar-refractivity contribution in [2.75, 3.05) is 6.54 Å². The van der Waals surface area contributed by atoms with E-state index in [0.717, 1.165) is 60.2 Å². The van der Waals surface area contributed by atoms with Gasteiger partial charge in [-0.3, -0.25) is 4.98 Å². The van der Waals surface area contributed by atoms with Crippen LogP contribution >= 0.6 is 0 Å². The molecule has 1 N–H and O–H groups in total. The van der Waals surface area contributed by atoms with E-state index in [9.17, 15) is 13.2 Å². The van der Waals surface area contributed by atoms with E-state index >= 15 is 0 Å². The number of nitrogens with one attached hydrogen (secondary N) is 1. The summed E-state index contributed by atoms with van der Waals surface area (Å²) < 4.78 is 39.7. The molecule has 0 saturated heterocycles. The first kappa shape index (κ1) is 19.7. The fourth-order valence-electron chi connectivity index (χ4n) is 3.98. The Labute approximate surface area is 166 Å². The number of nitrogens with zero attached hydrogens (tertiary/aromatic N) is 5. The molecule has 1 aliphatic carbocycles. The van der Waals surface area contributed by atoms with Crippen molar-refractivity contribution in [2.45, 2.75) is 64.5 Å². The maximum absolute atomic E-state index is 13.2. The fraction of sp³-hybridized carbons (Fsp3) is 0.550. The molecule has 0 unspecified atom stereocenters. The van der Waals surface area contributed by atoms with Crippen LogP contribution in [0.4, 0.5) is 13.2 Å². The highest BCUT2D eigenvalue weighted by Gasteiger charge is 2.36. The standard InChI is InChI=1S/C20H23F3N6/c1-19(2,3)17-16(14-10-25-29-28-14)15(11-7-5-4-6-8-12(11)26-17)13-9-24-18(27-13)20(21,22)23/h9H,4-8,10H2,1-3H3,(H,24,27). The van der Waals surface area contributed by atoms with E-state index in [1.54, 1.807) is 0 Å². The Hall–Kier alpha value is -2.58. The van der Waals surface area contributed by atoms with Crippen LogP contribution in [0, 0.1) is 0 Å². The Morgan fingerprint density at radius 2 is 1.76 bits per heavy atom. The van der Waals surface area contributed by atoms with Gasteiger partial charge in [0.2, 0.25) is 5.82 Å². The van der Waals surface area contributed by atoms with Gasteiger partial charge in [-0.1, -0.05) is 27.2 Å². The number of fused-ring (bicyclic) bond motifs is 1. The topological polar surface area (TPSA) is 78.6 Å². The van der Waals surface area contributed by atoms with Crippen LogP contribution in [0.15, 0.2) is 21.6 Å². The summed E-state index contributed by atoms with van der Waals surface area (Å²) in [5.74, 6) is -1.00. The van der Waals surface area contributed by atoms with E-state index in [4.69, 9.17) is 4.98 Å². The lowest BCUT2D eigenvalue weighted by Gasteiger charge is -2.26. The van der Waals surface area contributed by atoms with Crippen LogP contribution < -0.4 is 0 Å². The number of hydrogen-bond acceptors (Lipinski definition) is 5. The minimum atomic E-state index is -4.54. The average molecular weight is 404 g/mol. The van der Waals surface area contributed by atoms with E-state index in [0.29, 0.717) is 11.4 Å². The summed E-state index contributed by atoms with van der Waals surface area (Å²) in [6, 6.07) is 0. The van der Waals surface area contributed by atoms with Crippen molar-refractivity contribution in [2.24, 2.45) is 15.4 Å². The highest BCUT2D eigenvalue weighted by molar-refractivity contribution is 6.09. The van der Waals surface area contributed by atoms with Crippen LogP contribution in [0.3, 0.4) is 0 Å². The first-order chi connectivity index (χ1) is 13.7. The molecule has 2 aliphatic rings. The summed E-state index contributed by atoms with van der Waals surface area (Å²) in [5.41, 5.74) is 4.85. The molecule has 0 bridgehead atoms. The van der Waals surface area contributed by atoms with E-state index < -0.39 is 12.0 Å². The molecule has 0 fully saturated rings. The van der Waals surface area contributed by atoms with E-state index in [1.165, 1.54) is 6.20 Å². The summed E-state index contributed by atoms with van der Waals surface area (Å²) in [7, 11) is 0. The predicted molar refractivity (Wildman–Crippen MR) is 103 cm³/mol. The van der Waals surface area contributed by atoms with Gasteiger partial charge in [-0.15, -0.1) is 5.10 Å². The first-order valence-corrected chi connectivity index (χ1v) is 9.79. The van der Waals surface area contributed by atoms with Crippen LogP contribution in [0.2, 0.25) is 0 Å². The molecular weight excluding hydrogens is 381 g/mol. The van der Waals surface area contributed by atoms with Crippen LogP contribution in [0.25, 0.3) is 11.3 Å². The van der Waals surface area contributed by atoms with Crippen molar-refractivity contribution in [3.8, 4) is 11.3 Å². The Bertz CT molecular complexity index is 995. The van der Waals surface area contributed by atoms with E-state index in [2.05, 4.69) is 25.4 Å². The van der Waals surface area contributed by atoms with Gasteiger partial charge in [-0.25, -0.2) is 4.98 Å². The van der Waals surface area contributed by atoms with Gasteiger partial charge in [0.05, 0.1) is 23.3 Å². The fourth-order valence-corrected chi connectivity index (χ4v) is 3.98. The molecule has 29 heavy (non-hydrogen) atoms. The van der Waals surface area contributed by atoms with Crippen molar-refractivity contribution in [1.29, 1.82) is 0 Å². The van der Waals surface area contributed by atoms with Crippen molar-refractivity contribution in [1.82, 2.24) is 15.0 Å². The summed E-state index contributed by atoms with van der Waals surface area (Å²) in [6.45, 7) is 6.42. The number of aryl methyl sites for hydroxylation is 1. The van der Waals surface area contributed by atoms with Crippen molar-refractivity contribution < 1.29 is 13.2 Å². The summed E-state index contributed by atoms with van der Waals surface area (Å²) in [5, 5.41) is 11.9. The van der Waals surface area contributed by atoms with Gasteiger partial charge >= 0.3 is 6.18 Å². The molecule has 0 atom stereocenters. The molecule has 3 heterocycles. The molecule has 0 spiro atoms. The molecule has 2 aromatic heterocycles. The van der Waals surface area contributed by atoms with Gasteiger partial charge < -0.3 is 4.98 Å². The number of halogens is 3. The highest BCUT2D eigenvalue weighted by atomic mass is 19.4. The van der Waals surface area contributed by atoms with Gasteiger partial charge in [-0.05, 0) is 36.5 Å². The molecule has 0 amide bonds. The zero-order chi connectivity index (χ0) is 20.8. The molecule has 0 aromatic carbocycles. The molecule has 1 aliphatic heterocycles. The third kappa shape index (κ3) is 3.70. The van der Waals surface area contributed by atoms with Crippen LogP contribution in [-0.4, -0.2) is 27.2 Å². The number of H-pyrrole nitrogens is 1. The Kier molecular flexibility index (Phi) is 4.78. The molecule has 4 rings (SSSR count). The molecule has 9 heteroatoms. The van der Waals surface area contributed by atoms with Crippen molar-refractivity contribution >= 4 is 5.71 Å². The normalized spacial score (nSPS) is 17.2. The van der Waals surface area contributed by atoms with Crippen LogP contribution in [0.5, 0.6) is 0 Å². The average Bonchev–Trinajstić information content (AvgIpc) is 3.27. The maximum Gasteiger partial charge on any atom is 0.449 e. The van der Waals surface area contributed by atoms with Crippen LogP contribution in [0.1, 0.15) is 68.4 Å². The predicted octanol–water partition coefficient (Wildman–Crippen LogP) is 5.23. The summed E-state index contributed by atoms with van der Waals surface area (Å²) >= 11 is 0. The minimum Gasteiger partial charge on any atom is -0.334 e. The van der Waals surface area contributed by atoms with E-state index in [-0.39, 0.29) is 12.0 Å². The quantitative estimate of drug-likeness (QED) is 0.696. The van der Waals surface area contributed by atoms with Crippen LogP contribution in [-0.2, 0) is 24.4 Å². The number of aromatic amines is 1. The number of pyridine rings is 1. The zero-order valence-corrected chi connectivity index (χ0v) is 16.7. The smallest absolute Gasteiger partial charge is 0.334 e. The first-order valence-electron chi connectivity index (χ1n) is 9.79. The molecule has 154 valence electrons. The Morgan fingerprint density at radius 1 is 1.00 bits per heavy atom. The van der Waals surface area contributed by atoms with Gasteiger partial charge in [0.25, 0.3) is 0 Å². The monoisotopic (exact) mass is 404 g/mol.